The molecule has 26 heavy (non-hydrogen) atoms. The second-order valence-electron chi connectivity index (χ2n) is 6.62. The number of nitrogens with zero attached hydrogens (tertiary/aromatic N) is 1. The van der Waals surface area contributed by atoms with Crippen molar-refractivity contribution in [1.29, 1.82) is 0 Å². The molecule has 2 aliphatic rings. The van der Waals surface area contributed by atoms with Crippen molar-refractivity contribution >= 4 is 17.3 Å². The zero-order valence-electron chi connectivity index (χ0n) is 14.2. The second kappa shape index (κ2) is 6.29. The highest BCUT2D eigenvalue weighted by Gasteiger charge is 2.38. The minimum absolute atomic E-state index is 0.0793. The highest BCUT2D eigenvalue weighted by molar-refractivity contribution is 5.89. The quantitative estimate of drug-likeness (QED) is 0.388. The number of rotatable bonds is 3. The van der Waals surface area contributed by atoms with E-state index in [0.29, 0.717) is 5.56 Å². The van der Waals surface area contributed by atoms with Gasteiger partial charge in [-0.2, -0.15) is 0 Å². The monoisotopic (exact) mass is 350 g/mol. The number of fused-ring (bicyclic) bond motifs is 3. The zero-order valence-corrected chi connectivity index (χ0v) is 14.2. The molecular weight excluding hydrogens is 332 g/mol. The third-order valence-electron chi connectivity index (χ3n) is 5.25. The van der Waals surface area contributed by atoms with Gasteiger partial charge in [0.15, 0.2) is 0 Å². The lowest BCUT2D eigenvalue weighted by atomic mass is 9.77. The number of non-ortho nitro benzene ring substituents is 1. The molecule has 1 N–H and O–H groups in total. The van der Waals surface area contributed by atoms with Crippen molar-refractivity contribution in [3.63, 3.8) is 0 Å². The average molecular weight is 350 g/mol. The van der Waals surface area contributed by atoms with Crippen molar-refractivity contribution in [2.75, 3.05) is 12.4 Å². The number of esters is 1. The summed E-state index contributed by atoms with van der Waals surface area (Å²) in [6.07, 6.45) is 5.19. The van der Waals surface area contributed by atoms with Gasteiger partial charge in [-0.05, 0) is 41.7 Å². The molecule has 2 aromatic rings. The fourth-order valence-corrected chi connectivity index (χ4v) is 3.97. The number of ether oxygens (including phenoxy) is 1. The average Bonchev–Trinajstić information content (AvgIpc) is 3.16. The van der Waals surface area contributed by atoms with Gasteiger partial charge in [-0.15, -0.1) is 0 Å². The number of carbonyl (C=O) groups is 1. The summed E-state index contributed by atoms with van der Waals surface area (Å²) in [5.74, 6) is 0.0798. The molecule has 132 valence electrons. The Morgan fingerprint density at radius 3 is 2.69 bits per heavy atom. The Balaban J connectivity index is 1.69. The number of nitro groups is 1. The molecule has 6 heteroatoms. The number of nitrogens with one attached hydrogen (secondary N) is 1. The maximum absolute atomic E-state index is 11.6. The SMILES string of the molecule is COC(=O)c1ccc([C@H]2Nc3ccc([N+](=O)[O-])cc3[C@@H]3C=CC[C@H]23)cc1. The van der Waals surface area contributed by atoms with Crippen LogP contribution in [-0.4, -0.2) is 18.0 Å². The molecule has 0 saturated carbocycles. The van der Waals surface area contributed by atoms with Crippen LogP contribution in [0.4, 0.5) is 11.4 Å². The predicted octanol–water partition coefficient (Wildman–Crippen LogP) is 4.21. The van der Waals surface area contributed by atoms with E-state index in [-0.39, 0.29) is 34.5 Å². The Morgan fingerprint density at radius 1 is 1.23 bits per heavy atom. The van der Waals surface area contributed by atoms with Crippen LogP contribution in [0, 0.1) is 16.0 Å². The largest absolute Gasteiger partial charge is 0.465 e. The molecule has 1 aliphatic carbocycles. The Labute approximate surface area is 150 Å². The number of allylic oxidation sites excluding steroid dienone is 2. The third-order valence-corrected chi connectivity index (χ3v) is 5.25. The van der Waals surface area contributed by atoms with E-state index in [1.165, 1.54) is 13.2 Å². The maximum Gasteiger partial charge on any atom is 0.337 e. The van der Waals surface area contributed by atoms with Crippen LogP contribution in [0.25, 0.3) is 0 Å². The van der Waals surface area contributed by atoms with E-state index >= 15 is 0 Å². The molecule has 0 amide bonds. The number of nitro benzene ring substituents is 1. The number of carbonyl (C=O) groups excluding carboxylic acids is 1. The van der Waals surface area contributed by atoms with Gasteiger partial charge >= 0.3 is 5.97 Å². The van der Waals surface area contributed by atoms with Gasteiger partial charge in [0.1, 0.15) is 0 Å². The first-order valence-corrected chi connectivity index (χ1v) is 8.48. The number of hydrogen-bond acceptors (Lipinski definition) is 5. The summed E-state index contributed by atoms with van der Waals surface area (Å²) in [5.41, 5.74) is 3.61. The van der Waals surface area contributed by atoms with Gasteiger partial charge in [0.2, 0.25) is 0 Å². The van der Waals surface area contributed by atoms with Crippen molar-refractivity contribution in [2.45, 2.75) is 18.4 Å². The Bertz CT molecular complexity index is 905. The van der Waals surface area contributed by atoms with Crippen molar-refractivity contribution in [2.24, 2.45) is 5.92 Å². The molecule has 6 nitrogen and oxygen atoms in total. The van der Waals surface area contributed by atoms with E-state index in [4.69, 9.17) is 4.74 Å². The summed E-state index contributed by atoms with van der Waals surface area (Å²) in [6.45, 7) is 0. The first-order chi connectivity index (χ1) is 12.6. The molecule has 0 unspecified atom stereocenters. The summed E-state index contributed by atoms with van der Waals surface area (Å²) in [4.78, 5) is 22.4. The molecule has 2 aromatic carbocycles. The normalized spacial score (nSPS) is 22.9. The van der Waals surface area contributed by atoms with Crippen LogP contribution in [-0.2, 0) is 4.74 Å². The summed E-state index contributed by atoms with van der Waals surface area (Å²) in [7, 11) is 1.36. The Morgan fingerprint density at radius 2 is 2.00 bits per heavy atom. The van der Waals surface area contributed by atoms with Crippen LogP contribution in [0.3, 0.4) is 0 Å². The zero-order chi connectivity index (χ0) is 18.3. The minimum Gasteiger partial charge on any atom is -0.465 e. The summed E-state index contributed by atoms with van der Waals surface area (Å²) in [6, 6.07) is 12.5. The summed E-state index contributed by atoms with van der Waals surface area (Å²) in [5, 5.41) is 14.6. The molecular formula is C20H18N2O4. The molecule has 1 heterocycles. The summed E-state index contributed by atoms with van der Waals surface area (Å²) < 4.78 is 4.75. The lowest BCUT2D eigenvalue weighted by Gasteiger charge is -2.37. The lowest BCUT2D eigenvalue weighted by Crippen LogP contribution is -2.29. The van der Waals surface area contributed by atoms with Crippen LogP contribution in [0.5, 0.6) is 0 Å². The van der Waals surface area contributed by atoms with E-state index in [1.54, 1.807) is 24.3 Å². The van der Waals surface area contributed by atoms with Gasteiger partial charge in [-0.1, -0.05) is 24.3 Å². The van der Waals surface area contributed by atoms with E-state index in [1.807, 2.05) is 12.1 Å². The molecule has 1 aliphatic heterocycles. The smallest absolute Gasteiger partial charge is 0.337 e. The van der Waals surface area contributed by atoms with Crippen LogP contribution in [0.2, 0.25) is 0 Å². The van der Waals surface area contributed by atoms with Gasteiger partial charge in [0.25, 0.3) is 5.69 Å². The van der Waals surface area contributed by atoms with Crippen molar-refractivity contribution < 1.29 is 14.5 Å². The Hall–Kier alpha value is -3.15. The van der Waals surface area contributed by atoms with Crippen molar-refractivity contribution in [3.05, 3.63) is 81.4 Å². The second-order valence-corrected chi connectivity index (χ2v) is 6.62. The van der Waals surface area contributed by atoms with Gasteiger partial charge in [-0.3, -0.25) is 10.1 Å². The van der Waals surface area contributed by atoms with E-state index in [0.717, 1.165) is 23.2 Å². The molecule has 4 rings (SSSR count). The van der Waals surface area contributed by atoms with Gasteiger partial charge in [0.05, 0.1) is 23.6 Å². The number of methoxy groups -OCH3 is 1. The van der Waals surface area contributed by atoms with E-state index in [9.17, 15) is 14.9 Å². The summed E-state index contributed by atoms with van der Waals surface area (Å²) >= 11 is 0. The first kappa shape index (κ1) is 16.3. The van der Waals surface area contributed by atoms with Gasteiger partial charge < -0.3 is 10.1 Å². The topological polar surface area (TPSA) is 81.5 Å². The van der Waals surface area contributed by atoms with Crippen LogP contribution in [0.1, 0.15) is 39.9 Å². The first-order valence-electron chi connectivity index (χ1n) is 8.48. The van der Waals surface area contributed by atoms with Gasteiger partial charge in [-0.25, -0.2) is 4.79 Å². The van der Waals surface area contributed by atoms with Crippen LogP contribution in [0.15, 0.2) is 54.6 Å². The van der Waals surface area contributed by atoms with Crippen LogP contribution >= 0.6 is 0 Å². The third kappa shape index (κ3) is 2.63. The highest BCUT2D eigenvalue weighted by atomic mass is 16.6. The maximum atomic E-state index is 11.6. The molecule has 0 saturated heterocycles. The standard InChI is InChI=1S/C20H18N2O4/c1-26-20(23)13-7-5-12(6-8-13)19-16-4-2-3-15(16)17-11-14(22(24)25)9-10-18(17)21-19/h2-3,5-11,15-16,19,21H,4H2,1H3/t15-,16+,19-/m1/s1. The molecule has 0 radical (unpaired) electrons. The lowest BCUT2D eigenvalue weighted by molar-refractivity contribution is -0.384. The van der Waals surface area contributed by atoms with Crippen molar-refractivity contribution in [3.8, 4) is 0 Å². The Kier molecular flexibility index (Phi) is 3.95. The fraction of sp³-hybridized carbons (Fsp3) is 0.250. The number of benzene rings is 2. The molecule has 0 spiro atoms. The van der Waals surface area contributed by atoms with E-state index < -0.39 is 0 Å². The molecule has 0 aromatic heterocycles. The predicted molar refractivity (Wildman–Crippen MR) is 97.2 cm³/mol. The number of anilines is 1. The van der Waals surface area contributed by atoms with Gasteiger partial charge in [0, 0.05) is 23.7 Å². The molecule has 0 fully saturated rings. The molecule has 3 atom stereocenters. The fourth-order valence-electron chi connectivity index (χ4n) is 3.97. The minimum atomic E-state index is -0.356. The van der Waals surface area contributed by atoms with Crippen LogP contribution < -0.4 is 5.32 Å². The van der Waals surface area contributed by atoms with E-state index in [2.05, 4.69) is 17.5 Å². The number of hydrogen-bond donors (Lipinski definition) is 1. The molecule has 0 bridgehead atoms. The highest BCUT2D eigenvalue weighted by Crippen LogP contribution is 2.50. The van der Waals surface area contributed by atoms with Crippen molar-refractivity contribution in [1.82, 2.24) is 0 Å².